The van der Waals surface area contributed by atoms with E-state index < -0.39 is 0 Å². The van der Waals surface area contributed by atoms with Crippen molar-refractivity contribution in [2.24, 2.45) is 0 Å². The number of fused-ring (bicyclic) bond motifs is 3. The van der Waals surface area contributed by atoms with Gasteiger partial charge in [0.2, 0.25) is 0 Å². The molecule has 0 N–H and O–H groups in total. The third-order valence-corrected chi connectivity index (χ3v) is 2.68. The van der Waals surface area contributed by atoms with Gasteiger partial charge in [-0.05, 0) is 30.9 Å². The van der Waals surface area contributed by atoms with Crippen molar-refractivity contribution in [2.45, 2.75) is 13.8 Å². The predicted octanol–water partition coefficient (Wildman–Crippen LogP) is 2.50. The normalized spacial score (nSPS) is 11.3. The summed E-state index contributed by atoms with van der Waals surface area (Å²) >= 11 is 0. The van der Waals surface area contributed by atoms with Gasteiger partial charge in [-0.1, -0.05) is 18.2 Å². The topological polar surface area (TPSA) is 30.2 Å². The van der Waals surface area contributed by atoms with Crippen molar-refractivity contribution >= 4 is 16.4 Å². The van der Waals surface area contributed by atoms with Crippen LogP contribution >= 0.6 is 0 Å². The quantitative estimate of drug-likeness (QED) is 0.554. The third kappa shape index (κ3) is 1.13. The molecule has 1 aromatic carbocycles. The van der Waals surface area contributed by atoms with E-state index in [2.05, 4.69) is 41.3 Å². The molecule has 0 spiro atoms. The van der Waals surface area contributed by atoms with E-state index in [0.29, 0.717) is 0 Å². The van der Waals surface area contributed by atoms with Crippen LogP contribution in [-0.4, -0.2) is 14.6 Å². The lowest BCUT2D eigenvalue weighted by Gasteiger charge is -2.01. The maximum Gasteiger partial charge on any atom is 0.163 e. The van der Waals surface area contributed by atoms with E-state index in [1.807, 2.05) is 17.6 Å². The molecule has 3 nitrogen and oxygen atoms in total. The summed E-state index contributed by atoms with van der Waals surface area (Å²) in [5, 5.41) is 6.71. The van der Waals surface area contributed by atoms with Crippen LogP contribution in [0.15, 0.2) is 30.5 Å². The first kappa shape index (κ1) is 8.41. The van der Waals surface area contributed by atoms with Crippen molar-refractivity contribution in [1.29, 1.82) is 0 Å². The molecule has 0 unspecified atom stereocenters. The monoisotopic (exact) mass is 197 g/mol. The summed E-state index contributed by atoms with van der Waals surface area (Å²) in [6.07, 6.45) is 1.96. The van der Waals surface area contributed by atoms with Gasteiger partial charge in [0, 0.05) is 11.6 Å². The second-order valence-electron chi connectivity index (χ2n) is 3.78. The van der Waals surface area contributed by atoms with Gasteiger partial charge in [-0.15, -0.1) is 0 Å². The summed E-state index contributed by atoms with van der Waals surface area (Å²) in [7, 11) is 0. The molecule has 0 aliphatic heterocycles. The zero-order valence-electron chi connectivity index (χ0n) is 8.73. The molecule has 2 aromatic heterocycles. The van der Waals surface area contributed by atoms with Gasteiger partial charge in [0.1, 0.15) is 5.82 Å². The molecular formula is C12H11N3. The van der Waals surface area contributed by atoms with E-state index in [-0.39, 0.29) is 0 Å². The van der Waals surface area contributed by atoms with Crippen LogP contribution in [0.1, 0.15) is 11.4 Å². The van der Waals surface area contributed by atoms with E-state index in [1.54, 1.807) is 0 Å². The number of rotatable bonds is 0. The molecule has 0 aliphatic carbocycles. The zero-order valence-corrected chi connectivity index (χ0v) is 8.73. The van der Waals surface area contributed by atoms with Gasteiger partial charge in [0.25, 0.3) is 0 Å². The minimum atomic E-state index is 0.809. The van der Waals surface area contributed by atoms with Crippen LogP contribution in [0, 0.1) is 13.8 Å². The Labute approximate surface area is 87.4 Å². The van der Waals surface area contributed by atoms with Crippen molar-refractivity contribution in [2.75, 3.05) is 0 Å². The highest BCUT2D eigenvalue weighted by atomic mass is 15.3. The number of nitrogens with zero attached hydrogens (tertiary/aromatic N) is 3. The number of hydrogen-bond donors (Lipinski definition) is 0. The number of aryl methyl sites for hydroxylation is 2. The van der Waals surface area contributed by atoms with Gasteiger partial charge in [-0.25, -0.2) is 9.50 Å². The third-order valence-electron chi connectivity index (χ3n) is 2.68. The van der Waals surface area contributed by atoms with Gasteiger partial charge in [-0.2, -0.15) is 5.10 Å². The van der Waals surface area contributed by atoms with Crippen molar-refractivity contribution in [3.8, 4) is 0 Å². The van der Waals surface area contributed by atoms with Gasteiger partial charge in [0.05, 0.1) is 0 Å². The zero-order chi connectivity index (χ0) is 10.4. The van der Waals surface area contributed by atoms with Gasteiger partial charge in [-0.3, -0.25) is 0 Å². The average Bonchev–Trinajstić information content (AvgIpc) is 2.59. The number of hydrogen-bond acceptors (Lipinski definition) is 2. The lowest BCUT2D eigenvalue weighted by molar-refractivity contribution is 0.934. The highest BCUT2D eigenvalue weighted by molar-refractivity contribution is 5.95. The van der Waals surface area contributed by atoms with Gasteiger partial charge >= 0.3 is 0 Å². The Morgan fingerprint density at radius 2 is 1.93 bits per heavy atom. The standard InChI is InChI=1S/C12H11N3/c1-8-4-3-5-11-10(8)6-7-15-12(11)13-9(2)14-15/h3-7H,1-2H3. The molecule has 3 aromatic rings. The Morgan fingerprint density at radius 1 is 1.07 bits per heavy atom. The number of pyridine rings is 1. The average molecular weight is 197 g/mol. The van der Waals surface area contributed by atoms with E-state index in [0.717, 1.165) is 16.9 Å². The number of benzene rings is 1. The molecule has 0 atom stereocenters. The fourth-order valence-electron chi connectivity index (χ4n) is 1.96. The summed E-state index contributed by atoms with van der Waals surface area (Å²) in [6, 6.07) is 8.35. The molecule has 0 amide bonds. The first-order valence-corrected chi connectivity index (χ1v) is 4.97. The molecule has 3 rings (SSSR count). The van der Waals surface area contributed by atoms with Crippen molar-refractivity contribution < 1.29 is 0 Å². The molecule has 0 saturated heterocycles. The molecule has 3 heteroatoms. The molecule has 0 fully saturated rings. The van der Waals surface area contributed by atoms with Gasteiger partial charge < -0.3 is 0 Å². The van der Waals surface area contributed by atoms with E-state index in [9.17, 15) is 0 Å². The fourth-order valence-corrected chi connectivity index (χ4v) is 1.96. The van der Waals surface area contributed by atoms with Crippen LogP contribution in [0.2, 0.25) is 0 Å². The summed E-state index contributed by atoms with van der Waals surface area (Å²) in [5.74, 6) is 0.809. The largest absolute Gasteiger partial charge is 0.220 e. The van der Waals surface area contributed by atoms with Crippen LogP contribution in [-0.2, 0) is 0 Å². The summed E-state index contributed by atoms with van der Waals surface area (Å²) in [4.78, 5) is 4.43. The van der Waals surface area contributed by atoms with E-state index >= 15 is 0 Å². The van der Waals surface area contributed by atoms with Crippen LogP contribution in [0.25, 0.3) is 16.4 Å². The minimum Gasteiger partial charge on any atom is -0.220 e. The second kappa shape index (κ2) is 2.79. The Hall–Kier alpha value is -1.90. The van der Waals surface area contributed by atoms with Crippen molar-refractivity contribution in [3.63, 3.8) is 0 Å². The predicted molar refractivity (Wildman–Crippen MR) is 60.0 cm³/mol. The second-order valence-corrected chi connectivity index (χ2v) is 3.78. The summed E-state index contributed by atoms with van der Waals surface area (Å²) < 4.78 is 1.83. The maximum absolute atomic E-state index is 4.43. The highest BCUT2D eigenvalue weighted by Gasteiger charge is 2.05. The molecule has 74 valence electrons. The van der Waals surface area contributed by atoms with Crippen LogP contribution in [0.4, 0.5) is 0 Å². The molecule has 0 saturated carbocycles. The molecular weight excluding hydrogens is 186 g/mol. The smallest absolute Gasteiger partial charge is 0.163 e. The minimum absolute atomic E-state index is 0.809. The molecule has 0 aliphatic rings. The lowest BCUT2D eigenvalue weighted by atomic mass is 10.1. The molecule has 2 heterocycles. The fraction of sp³-hybridized carbons (Fsp3) is 0.167. The Balaban J connectivity index is 2.59. The van der Waals surface area contributed by atoms with Crippen LogP contribution in [0.5, 0.6) is 0 Å². The van der Waals surface area contributed by atoms with Crippen LogP contribution in [0.3, 0.4) is 0 Å². The molecule has 15 heavy (non-hydrogen) atoms. The first-order valence-electron chi connectivity index (χ1n) is 4.97. The van der Waals surface area contributed by atoms with E-state index in [4.69, 9.17) is 0 Å². The number of aromatic nitrogens is 3. The van der Waals surface area contributed by atoms with Crippen LogP contribution < -0.4 is 0 Å². The van der Waals surface area contributed by atoms with Gasteiger partial charge in [0.15, 0.2) is 5.65 Å². The van der Waals surface area contributed by atoms with E-state index in [1.165, 1.54) is 10.9 Å². The highest BCUT2D eigenvalue weighted by Crippen LogP contribution is 2.21. The SMILES string of the molecule is Cc1nc2c3cccc(C)c3ccn2n1. The summed E-state index contributed by atoms with van der Waals surface area (Å²) in [5.41, 5.74) is 2.21. The lowest BCUT2D eigenvalue weighted by Crippen LogP contribution is -1.88. The van der Waals surface area contributed by atoms with Crippen molar-refractivity contribution in [3.05, 3.63) is 41.9 Å². The van der Waals surface area contributed by atoms with Crippen molar-refractivity contribution in [1.82, 2.24) is 14.6 Å². The Bertz CT molecular complexity index is 652. The Kier molecular flexibility index (Phi) is 1.57. The maximum atomic E-state index is 4.43. The molecule has 0 bridgehead atoms. The first-order chi connectivity index (χ1) is 7.25. The molecule has 0 radical (unpaired) electrons. The Morgan fingerprint density at radius 3 is 2.80 bits per heavy atom. The summed E-state index contributed by atoms with van der Waals surface area (Å²) in [6.45, 7) is 4.02.